The maximum Gasteiger partial charge on any atom is 0.144 e. The molecule has 0 aliphatic rings. The fourth-order valence-electron chi connectivity index (χ4n) is 0.551. The zero-order chi connectivity index (χ0) is 6.57. The molecule has 0 aliphatic heterocycles. The zero-order valence-electron chi connectivity index (χ0n) is 5.81. The maximum atomic E-state index is 10.5. The Labute approximate surface area is 70.7 Å². The molecule has 0 bridgehead atoms. The number of nitrogens with one attached hydrogen (secondary N) is 1. The van der Waals surface area contributed by atoms with E-state index in [0.717, 1.165) is 0 Å². The van der Waals surface area contributed by atoms with Crippen LogP contribution in [0.5, 0.6) is 0 Å². The minimum Gasteiger partial charge on any atom is -0.341 e. The molecule has 0 fully saturated rings. The van der Waals surface area contributed by atoms with Gasteiger partial charge in [0.05, 0.1) is 0 Å². The first kappa shape index (κ1) is 12.0. The van der Waals surface area contributed by atoms with Crippen LogP contribution in [0.15, 0.2) is 0 Å². The number of rotatable bonds is 3. The first-order chi connectivity index (χ1) is 3.72. The summed E-state index contributed by atoms with van der Waals surface area (Å²) >= 11 is 0. The molecule has 2 nitrogen and oxygen atoms in total. The Balaban J connectivity index is 0. The van der Waals surface area contributed by atoms with Crippen molar-refractivity contribution in [1.29, 1.82) is 0 Å². The molecule has 0 aromatic rings. The SMILES string of the molecule is [CH2-]C[C@H](NC)C(C)=O.[W]. The monoisotopic (exact) mass is 298 g/mol. The fraction of sp³-hybridized carbons (Fsp3) is 0.667. The van der Waals surface area contributed by atoms with E-state index in [4.69, 9.17) is 0 Å². The van der Waals surface area contributed by atoms with E-state index in [-0.39, 0.29) is 32.9 Å². The van der Waals surface area contributed by atoms with E-state index in [0.29, 0.717) is 6.42 Å². The molecule has 0 aliphatic carbocycles. The van der Waals surface area contributed by atoms with E-state index < -0.39 is 0 Å². The van der Waals surface area contributed by atoms with Crippen molar-refractivity contribution in [2.24, 2.45) is 0 Å². The van der Waals surface area contributed by atoms with E-state index >= 15 is 0 Å². The Morgan fingerprint density at radius 2 is 2.22 bits per heavy atom. The minimum absolute atomic E-state index is 0. The number of likely N-dealkylation sites (N-methyl/N-ethyl adjacent to an activating group) is 1. The third-order valence-corrected chi connectivity index (χ3v) is 1.13. The third kappa shape index (κ3) is 4.80. The standard InChI is InChI=1S/C6H12NO.W/c1-4-6(7-3)5(2)8;/h6-7H,1,4H2,2-3H3;/q-1;/t6-;/m0./s1. The van der Waals surface area contributed by atoms with Gasteiger partial charge < -0.3 is 12.2 Å². The first-order valence-electron chi connectivity index (χ1n) is 2.69. The Kier molecular flexibility index (Phi) is 8.61. The van der Waals surface area contributed by atoms with Crippen LogP contribution in [0.4, 0.5) is 0 Å². The average molecular weight is 298 g/mol. The van der Waals surface area contributed by atoms with Crippen molar-refractivity contribution < 1.29 is 25.9 Å². The molecule has 54 valence electrons. The summed E-state index contributed by atoms with van der Waals surface area (Å²) in [6.07, 6.45) is 0.631. The van der Waals surface area contributed by atoms with Gasteiger partial charge >= 0.3 is 0 Å². The molecule has 0 unspecified atom stereocenters. The smallest absolute Gasteiger partial charge is 0.144 e. The quantitative estimate of drug-likeness (QED) is 0.764. The molecule has 3 heteroatoms. The van der Waals surface area contributed by atoms with Gasteiger partial charge in [-0.15, -0.1) is 0 Å². The summed E-state index contributed by atoms with van der Waals surface area (Å²) in [7, 11) is 1.76. The molecule has 0 rings (SSSR count). The Bertz CT molecular complexity index is 81.1. The van der Waals surface area contributed by atoms with Gasteiger partial charge in [-0.05, 0) is 14.0 Å². The van der Waals surface area contributed by atoms with Gasteiger partial charge in [-0.2, -0.15) is 6.42 Å². The molecule has 0 radical (unpaired) electrons. The van der Waals surface area contributed by atoms with Crippen molar-refractivity contribution in [2.75, 3.05) is 7.05 Å². The van der Waals surface area contributed by atoms with Crippen LogP contribution in [0.3, 0.4) is 0 Å². The van der Waals surface area contributed by atoms with Crippen LogP contribution in [0.1, 0.15) is 13.3 Å². The predicted molar refractivity (Wildman–Crippen MR) is 33.5 cm³/mol. The van der Waals surface area contributed by atoms with E-state index in [1.165, 1.54) is 0 Å². The van der Waals surface area contributed by atoms with Crippen molar-refractivity contribution in [3.8, 4) is 0 Å². The Morgan fingerprint density at radius 1 is 1.78 bits per heavy atom. The van der Waals surface area contributed by atoms with Gasteiger partial charge in [-0.25, -0.2) is 0 Å². The number of hydrogen-bond donors (Lipinski definition) is 1. The van der Waals surface area contributed by atoms with E-state index in [9.17, 15) is 4.79 Å². The maximum absolute atomic E-state index is 10.5. The van der Waals surface area contributed by atoms with Gasteiger partial charge in [0.25, 0.3) is 0 Å². The van der Waals surface area contributed by atoms with Gasteiger partial charge in [0.1, 0.15) is 5.78 Å². The van der Waals surface area contributed by atoms with Crippen LogP contribution < -0.4 is 5.32 Å². The summed E-state index contributed by atoms with van der Waals surface area (Å²) in [5.74, 6) is 0.155. The molecule has 0 amide bonds. The first-order valence-corrected chi connectivity index (χ1v) is 2.69. The molecule has 0 spiro atoms. The van der Waals surface area contributed by atoms with E-state index in [1.807, 2.05) is 0 Å². The zero-order valence-corrected chi connectivity index (χ0v) is 8.74. The molecule has 0 saturated heterocycles. The van der Waals surface area contributed by atoms with Crippen LogP contribution in [0.2, 0.25) is 0 Å². The molecule has 0 aromatic carbocycles. The molecule has 0 heterocycles. The van der Waals surface area contributed by atoms with Crippen LogP contribution >= 0.6 is 0 Å². The van der Waals surface area contributed by atoms with Crippen LogP contribution in [-0.4, -0.2) is 18.9 Å². The van der Waals surface area contributed by atoms with Crippen molar-refractivity contribution in [3.63, 3.8) is 0 Å². The Morgan fingerprint density at radius 3 is 2.22 bits per heavy atom. The van der Waals surface area contributed by atoms with Gasteiger partial charge in [0, 0.05) is 27.1 Å². The number of Topliss-reactive ketones (excluding diaryl/α,β-unsaturated/α-hetero) is 1. The predicted octanol–water partition coefficient (Wildman–Crippen LogP) is 0.385. The number of hydrogen-bond acceptors (Lipinski definition) is 2. The van der Waals surface area contributed by atoms with Gasteiger partial charge in [-0.3, -0.25) is 4.79 Å². The molecule has 1 atom stereocenters. The summed E-state index contributed by atoms with van der Waals surface area (Å²) in [6, 6.07) is -0.0463. The second-order valence-corrected chi connectivity index (χ2v) is 1.74. The van der Waals surface area contributed by atoms with Crippen molar-refractivity contribution >= 4 is 5.78 Å². The summed E-state index contributed by atoms with van der Waals surface area (Å²) in [4.78, 5) is 10.5. The van der Waals surface area contributed by atoms with Crippen LogP contribution in [0.25, 0.3) is 0 Å². The number of carbonyl (C=O) groups excluding carboxylic acids is 1. The summed E-state index contributed by atoms with van der Waals surface area (Å²) in [5, 5.41) is 2.84. The van der Waals surface area contributed by atoms with Gasteiger partial charge in [0.2, 0.25) is 0 Å². The Hall–Kier alpha value is 0.318. The van der Waals surface area contributed by atoms with Crippen LogP contribution in [-0.2, 0) is 25.9 Å². The molecule has 1 N–H and O–H groups in total. The summed E-state index contributed by atoms with van der Waals surface area (Å²) in [6.45, 7) is 5.16. The molecular formula is C6H12NOW-. The second-order valence-electron chi connectivity index (χ2n) is 1.74. The summed E-state index contributed by atoms with van der Waals surface area (Å²) < 4.78 is 0. The largest absolute Gasteiger partial charge is 0.341 e. The molecule has 0 aromatic heterocycles. The number of ketones is 1. The van der Waals surface area contributed by atoms with E-state index in [1.54, 1.807) is 14.0 Å². The van der Waals surface area contributed by atoms with E-state index in [2.05, 4.69) is 12.2 Å². The van der Waals surface area contributed by atoms with Crippen LogP contribution in [0, 0.1) is 6.92 Å². The third-order valence-electron chi connectivity index (χ3n) is 1.13. The molecule has 9 heavy (non-hydrogen) atoms. The summed E-state index contributed by atoms with van der Waals surface area (Å²) in [5.41, 5.74) is 0. The van der Waals surface area contributed by atoms with Crippen molar-refractivity contribution in [2.45, 2.75) is 19.4 Å². The minimum atomic E-state index is -0.0463. The topological polar surface area (TPSA) is 29.1 Å². The van der Waals surface area contributed by atoms with Crippen molar-refractivity contribution in [1.82, 2.24) is 5.32 Å². The average Bonchev–Trinajstić information content (AvgIpc) is 1.69. The second kappa shape index (κ2) is 6.44. The van der Waals surface area contributed by atoms with Gasteiger partial charge in [0.15, 0.2) is 0 Å². The normalized spacial score (nSPS) is 11.9. The van der Waals surface area contributed by atoms with Gasteiger partial charge in [-0.1, -0.05) is 0 Å². The fourth-order valence-corrected chi connectivity index (χ4v) is 0.551. The molecular weight excluding hydrogens is 286 g/mol. The number of carbonyl (C=O) groups is 1. The molecule has 0 saturated carbocycles. The van der Waals surface area contributed by atoms with Crippen molar-refractivity contribution in [3.05, 3.63) is 6.92 Å².